The van der Waals surface area contributed by atoms with Gasteiger partial charge >= 0.3 is 0 Å². The fourth-order valence-electron chi connectivity index (χ4n) is 5.90. The molecular weight excluding hydrogens is 685 g/mol. The zero-order valence-electron chi connectivity index (χ0n) is 24.7. The average Bonchev–Trinajstić information content (AvgIpc) is 2.92. The van der Waals surface area contributed by atoms with Gasteiger partial charge in [0.1, 0.15) is 17.1 Å². The minimum absolute atomic E-state index is 0. The van der Waals surface area contributed by atoms with E-state index in [-0.39, 0.29) is 37.6 Å². The molecule has 0 unspecified atom stereocenters. The number of aromatic hydroxyl groups is 1. The van der Waals surface area contributed by atoms with E-state index >= 15 is 0 Å². The Morgan fingerprint density at radius 3 is 2.39 bits per heavy atom. The monoisotopic (exact) mass is 721 g/mol. The van der Waals surface area contributed by atoms with Crippen LogP contribution in [0.25, 0.3) is 22.2 Å². The predicted molar refractivity (Wildman–Crippen MR) is 165 cm³/mol. The number of phenolic OH excluding ortho intramolecular Hbond substituents is 1. The SMILES string of the molecule is CC(C)c1ccc(O)c2nc(-c3[c-]c4c(cc3)C(C)(C)c3ccccc3N4c3cc(C(C)(C)C)ccn3)ccc12.[Pt]. The van der Waals surface area contributed by atoms with Gasteiger partial charge in [-0.05, 0) is 69.1 Å². The van der Waals surface area contributed by atoms with Crippen molar-refractivity contribution in [2.45, 2.75) is 65.2 Å². The maximum Gasteiger partial charge on any atom is 0.140 e. The molecule has 0 spiro atoms. The van der Waals surface area contributed by atoms with Crippen LogP contribution in [-0.2, 0) is 31.9 Å². The Hall–Kier alpha value is -3.49. The third-order valence-electron chi connectivity index (χ3n) is 8.25. The minimum Gasteiger partial charge on any atom is -0.506 e. The number of hydrogen-bond acceptors (Lipinski definition) is 4. The third-order valence-corrected chi connectivity index (χ3v) is 8.25. The largest absolute Gasteiger partial charge is 0.506 e. The van der Waals surface area contributed by atoms with Crippen LogP contribution in [0.3, 0.4) is 0 Å². The summed E-state index contributed by atoms with van der Waals surface area (Å²) in [6.45, 7) is 15.5. The molecule has 0 saturated heterocycles. The molecule has 1 N–H and O–H groups in total. The van der Waals surface area contributed by atoms with E-state index in [0.29, 0.717) is 11.4 Å². The summed E-state index contributed by atoms with van der Waals surface area (Å²) >= 11 is 0. The zero-order valence-corrected chi connectivity index (χ0v) is 27.0. The van der Waals surface area contributed by atoms with Crippen molar-refractivity contribution >= 4 is 28.1 Å². The summed E-state index contributed by atoms with van der Waals surface area (Å²) in [5.74, 6) is 1.40. The van der Waals surface area contributed by atoms with Crippen LogP contribution in [0, 0.1) is 6.07 Å². The number of hydrogen-bond donors (Lipinski definition) is 1. The Balaban J connectivity index is 0.00000337. The number of phenols is 1. The molecule has 5 heteroatoms. The molecule has 0 saturated carbocycles. The average molecular weight is 722 g/mol. The Bertz CT molecular complexity index is 1770. The fraction of sp³-hybridized carbons (Fsp3) is 0.278. The van der Waals surface area contributed by atoms with Crippen LogP contribution in [0.15, 0.2) is 79.0 Å². The molecule has 0 amide bonds. The Kier molecular flexibility index (Phi) is 7.36. The molecule has 3 aromatic carbocycles. The van der Waals surface area contributed by atoms with Gasteiger partial charge in [0.2, 0.25) is 0 Å². The maximum absolute atomic E-state index is 10.7. The first-order valence-corrected chi connectivity index (χ1v) is 14.0. The molecule has 1 aliphatic heterocycles. The summed E-state index contributed by atoms with van der Waals surface area (Å²) in [7, 11) is 0. The fourth-order valence-corrected chi connectivity index (χ4v) is 5.90. The van der Waals surface area contributed by atoms with E-state index in [1.165, 1.54) is 22.3 Å². The van der Waals surface area contributed by atoms with Gasteiger partial charge in [-0.3, -0.25) is 4.98 Å². The van der Waals surface area contributed by atoms with Crippen LogP contribution in [0.1, 0.15) is 76.6 Å². The molecule has 212 valence electrons. The predicted octanol–water partition coefficient (Wildman–Crippen LogP) is 9.33. The van der Waals surface area contributed by atoms with Crippen molar-refractivity contribution in [2.24, 2.45) is 0 Å². The smallest absolute Gasteiger partial charge is 0.140 e. The topological polar surface area (TPSA) is 49.3 Å². The molecule has 1 aliphatic rings. The number of para-hydroxylation sites is 1. The van der Waals surface area contributed by atoms with Gasteiger partial charge in [0, 0.05) is 38.3 Å². The number of nitrogens with zero attached hydrogens (tertiary/aromatic N) is 3. The first-order chi connectivity index (χ1) is 19.0. The molecule has 41 heavy (non-hydrogen) atoms. The zero-order chi connectivity index (χ0) is 28.4. The van der Waals surface area contributed by atoms with Gasteiger partial charge in [-0.15, -0.1) is 23.8 Å². The molecular formula is C36H36N3OPt-. The Labute approximate surface area is 257 Å². The second-order valence-corrected chi connectivity index (χ2v) is 12.7. The molecule has 0 aliphatic carbocycles. The first kappa shape index (κ1) is 29.0. The van der Waals surface area contributed by atoms with Crippen molar-refractivity contribution in [3.05, 3.63) is 107 Å². The number of fused-ring (bicyclic) bond motifs is 3. The van der Waals surface area contributed by atoms with E-state index in [1.807, 2.05) is 18.3 Å². The van der Waals surface area contributed by atoms with E-state index < -0.39 is 0 Å². The summed E-state index contributed by atoms with van der Waals surface area (Å²) in [6, 6.07) is 28.8. The number of pyridine rings is 2. The number of aromatic nitrogens is 2. The van der Waals surface area contributed by atoms with Gasteiger partial charge in [-0.1, -0.05) is 90.4 Å². The minimum atomic E-state index is -0.222. The van der Waals surface area contributed by atoms with Crippen LogP contribution in [-0.4, -0.2) is 15.1 Å². The summed E-state index contributed by atoms with van der Waals surface area (Å²) in [4.78, 5) is 12.0. The van der Waals surface area contributed by atoms with Gasteiger partial charge in [0.05, 0.1) is 0 Å². The van der Waals surface area contributed by atoms with Crippen LogP contribution >= 0.6 is 0 Å². The summed E-state index contributed by atoms with van der Waals surface area (Å²) in [6.07, 6.45) is 1.90. The van der Waals surface area contributed by atoms with Crippen molar-refractivity contribution in [1.29, 1.82) is 0 Å². The second kappa shape index (κ2) is 10.4. The molecule has 0 bridgehead atoms. The summed E-state index contributed by atoms with van der Waals surface area (Å²) in [5, 5.41) is 11.7. The number of anilines is 3. The van der Waals surface area contributed by atoms with E-state index in [9.17, 15) is 5.11 Å². The van der Waals surface area contributed by atoms with Gasteiger partial charge in [0.15, 0.2) is 0 Å². The van der Waals surface area contributed by atoms with Crippen molar-refractivity contribution < 1.29 is 26.2 Å². The second-order valence-electron chi connectivity index (χ2n) is 12.7. The van der Waals surface area contributed by atoms with Crippen molar-refractivity contribution in [3.8, 4) is 17.0 Å². The third kappa shape index (κ3) is 4.87. The molecule has 0 atom stereocenters. The number of benzene rings is 3. The van der Waals surface area contributed by atoms with Gasteiger partial charge in [0.25, 0.3) is 0 Å². The molecule has 6 rings (SSSR count). The molecule has 4 nitrogen and oxygen atoms in total. The molecule has 2 aromatic heterocycles. The standard InChI is InChI=1S/C36H36N3O.Pt/c1-22(2)25-14-17-32(40)34-26(25)13-16-29(38-34)23-12-15-28-31(20-23)39(30-11-9-8-10-27(30)36(28,6)7)33-21-24(18-19-37-33)35(3,4)5;/h8-19,21-22,40H,1-7H3;/q-1;. The first-order valence-electron chi connectivity index (χ1n) is 14.0. The normalized spacial score (nSPS) is 14.0. The van der Waals surface area contributed by atoms with Gasteiger partial charge < -0.3 is 10.0 Å². The number of rotatable bonds is 3. The van der Waals surface area contributed by atoms with Crippen molar-refractivity contribution in [3.63, 3.8) is 0 Å². The van der Waals surface area contributed by atoms with Gasteiger partial charge in [-0.25, -0.2) is 4.98 Å². The van der Waals surface area contributed by atoms with Crippen molar-refractivity contribution in [2.75, 3.05) is 4.90 Å². The van der Waals surface area contributed by atoms with E-state index in [0.717, 1.165) is 33.8 Å². The quantitative estimate of drug-likeness (QED) is 0.189. The van der Waals surface area contributed by atoms with E-state index in [1.54, 1.807) is 6.07 Å². The summed E-state index contributed by atoms with van der Waals surface area (Å²) in [5.41, 5.74) is 8.97. The van der Waals surface area contributed by atoms with E-state index in [2.05, 4.69) is 114 Å². The van der Waals surface area contributed by atoms with Crippen LogP contribution in [0.5, 0.6) is 5.75 Å². The van der Waals surface area contributed by atoms with Crippen molar-refractivity contribution in [1.82, 2.24) is 9.97 Å². The van der Waals surface area contributed by atoms with Crippen LogP contribution in [0.4, 0.5) is 17.2 Å². The van der Waals surface area contributed by atoms with E-state index in [4.69, 9.17) is 9.97 Å². The van der Waals surface area contributed by atoms with Crippen LogP contribution < -0.4 is 4.90 Å². The Morgan fingerprint density at radius 2 is 1.66 bits per heavy atom. The van der Waals surface area contributed by atoms with Crippen LogP contribution in [0.2, 0.25) is 0 Å². The van der Waals surface area contributed by atoms with Gasteiger partial charge in [-0.2, -0.15) is 0 Å². The maximum atomic E-state index is 10.7. The molecule has 0 radical (unpaired) electrons. The Morgan fingerprint density at radius 1 is 0.902 bits per heavy atom. The molecule has 5 aromatic rings. The molecule has 3 heterocycles. The molecule has 0 fully saturated rings. The summed E-state index contributed by atoms with van der Waals surface area (Å²) < 4.78 is 0.